The summed E-state index contributed by atoms with van der Waals surface area (Å²) in [7, 11) is 0. The number of amides is 1. The van der Waals surface area contributed by atoms with Crippen molar-refractivity contribution in [3.05, 3.63) is 46.2 Å². The molecular weight excluding hydrogens is 390 g/mol. The Morgan fingerprint density at radius 2 is 1.93 bits per heavy atom. The number of hydrogen-bond acceptors (Lipinski definition) is 4. The fraction of sp³-hybridized carbons (Fsp3) is 0.500. The first-order chi connectivity index (χ1) is 13.9. The lowest BCUT2D eigenvalue weighted by molar-refractivity contribution is -0.144. The van der Waals surface area contributed by atoms with Gasteiger partial charge < -0.3 is 9.64 Å². The van der Waals surface area contributed by atoms with Crippen LogP contribution in [0.4, 0.5) is 0 Å². The van der Waals surface area contributed by atoms with Gasteiger partial charge in [-0.3, -0.25) is 9.59 Å². The van der Waals surface area contributed by atoms with Crippen molar-refractivity contribution in [2.75, 3.05) is 19.7 Å². The summed E-state index contributed by atoms with van der Waals surface area (Å²) < 4.78 is 6.86. The van der Waals surface area contributed by atoms with E-state index in [0.717, 1.165) is 35.5 Å². The third kappa shape index (κ3) is 5.60. The van der Waals surface area contributed by atoms with Crippen LogP contribution in [0.5, 0.6) is 0 Å². The molecule has 0 atom stereocenters. The molecule has 1 aromatic heterocycles. The largest absolute Gasteiger partial charge is 0.466 e. The van der Waals surface area contributed by atoms with Crippen molar-refractivity contribution in [2.45, 2.75) is 46.5 Å². The highest BCUT2D eigenvalue weighted by atomic mass is 35.5. The van der Waals surface area contributed by atoms with E-state index in [2.05, 4.69) is 5.10 Å². The van der Waals surface area contributed by atoms with Gasteiger partial charge in [-0.1, -0.05) is 11.6 Å². The van der Waals surface area contributed by atoms with E-state index >= 15 is 0 Å². The molecule has 1 aliphatic carbocycles. The van der Waals surface area contributed by atoms with Gasteiger partial charge in [-0.25, -0.2) is 4.68 Å². The number of carbonyl (C=O) groups is 2. The standard InChI is InChI=1S/C22H28ClN3O3/c1-4-29-22(28)11-12-25(14-17-5-6-17)21(27)13-20-15(2)24-26(16(20)3)19-9-7-18(23)8-10-19/h7-10,17H,4-6,11-14H2,1-3H3. The molecule has 0 radical (unpaired) electrons. The summed E-state index contributed by atoms with van der Waals surface area (Å²) in [6, 6.07) is 7.47. The van der Waals surface area contributed by atoms with E-state index in [9.17, 15) is 9.59 Å². The molecule has 0 saturated heterocycles. The first kappa shape index (κ1) is 21.4. The lowest BCUT2D eigenvalue weighted by Gasteiger charge is -2.22. The van der Waals surface area contributed by atoms with Gasteiger partial charge in [-0.15, -0.1) is 0 Å². The third-order valence-corrected chi connectivity index (χ3v) is 5.51. The fourth-order valence-electron chi connectivity index (χ4n) is 3.42. The molecule has 0 N–H and O–H groups in total. The smallest absolute Gasteiger partial charge is 0.307 e. The highest BCUT2D eigenvalue weighted by molar-refractivity contribution is 6.30. The quantitative estimate of drug-likeness (QED) is 0.581. The van der Waals surface area contributed by atoms with Gasteiger partial charge in [0.25, 0.3) is 0 Å². The summed E-state index contributed by atoms with van der Waals surface area (Å²) in [4.78, 5) is 26.6. The van der Waals surface area contributed by atoms with Crippen molar-refractivity contribution in [2.24, 2.45) is 5.92 Å². The molecular formula is C22H28ClN3O3. The second kappa shape index (κ2) is 9.44. The molecule has 1 fully saturated rings. The molecule has 1 saturated carbocycles. The fourth-order valence-corrected chi connectivity index (χ4v) is 3.54. The molecule has 1 aliphatic rings. The topological polar surface area (TPSA) is 64.4 Å². The van der Waals surface area contributed by atoms with E-state index in [1.807, 2.05) is 47.7 Å². The predicted octanol–water partition coefficient (Wildman–Crippen LogP) is 3.88. The number of rotatable bonds is 9. The Labute approximate surface area is 176 Å². The van der Waals surface area contributed by atoms with Crippen LogP contribution in [0.15, 0.2) is 24.3 Å². The molecule has 156 valence electrons. The minimum atomic E-state index is -0.260. The molecule has 0 spiro atoms. The molecule has 0 bridgehead atoms. The average Bonchev–Trinajstić information content (AvgIpc) is 3.47. The Hall–Kier alpha value is -2.34. The number of aromatic nitrogens is 2. The summed E-state index contributed by atoms with van der Waals surface area (Å²) in [5.41, 5.74) is 3.62. The van der Waals surface area contributed by atoms with Gasteiger partial charge >= 0.3 is 5.97 Å². The van der Waals surface area contributed by atoms with Gasteiger partial charge in [0.1, 0.15) is 0 Å². The van der Waals surface area contributed by atoms with Crippen LogP contribution in [0.3, 0.4) is 0 Å². The van der Waals surface area contributed by atoms with Crippen LogP contribution in [-0.4, -0.2) is 46.3 Å². The summed E-state index contributed by atoms with van der Waals surface area (Å²) in [5.74, 6) is 0.326. The molecule has 0 aliphatic heterocycles. The van der Waals surface area contributed by atoms with Crippen molar-refractivity contribution < 1.29 is 14.3 Å². The van der Waals surface area contributed by atoms with Crippen molar-refractivity contribution in [3.63, 3.8) is 0 Å². The number of ether oxygens (including phenoxy) is 1. The molecule has 2 aromatic rings. The highest BCUT2D eigenvalue weighted by Gasteiger charge is 2.28. The minimum Gasteiger partial charge on any atom is -0.466 e. The Morgan fingerprint density at radius 1 is 1.24 bits per heavy atom. The molecule has 0 unspecified atom stereocenters. The van der Waals surface area contributed by atoms with Crippen molar-refractivity contribution in [1.82, 2.24) is 14.7 Å². The number of halogens is 1. The normalized spacial score (nSPS) is 13.4. The van der Waals surface area contributed by atoms with Gasteiger partial charge in [0.15, 0.2) is 0 Å². The number of nitrogens with zero attached hydrogens (tertiary/aromatic N) is 3. The second-order valence-electron chi connectivity index (χ2n) is 7.55. The van der Waals surface area contributed by atoms with Crippen LogP contribution in [0.2, 0.25) is 5.02 Å². The monoisotopic (exact) mass is 417 g/mol. The highest BCUT2D eigenvalue weighted by Crippen LogP contribution is 2.30. The first-order valence-electron chi connectivity index (χ1n) is 10.1. The summed E-state index contributed by atoms with van der Waals surface area (Å²) in [6.07, 6.45) is 2.81. The SMILES string of the molecule is CCOC(=O)CCN(CC1CC1)C(=O)Cc1c(C)nn(-c2ccc(Cl)cc2)c1C. The molecule has 1 aromatic carbocycles. The third-order valence-electron chi connectivity index (χ3n) is 5.26. The van der Waals surface area contributed by atoms with E-state index in [-0.39, 0.29) is 24.7 Å². The van der Waals surface area contributed by atoms with Crippen molar-refractivity contribution >= 4 is 23.5 Å². The lowest BCUT2D eigenvalue weighted by atomic mass is 10.1. The summed E-state index contributed by atoms with van der Waals surface area (Å²) >= 11 is 5.98. The maximum Gasteiger partial charge on any atom is 0.307 e. The van der Waals surface area contributed by atoms with Gasteiger partial charge in [0.05, 0.1) is 30.8 Å². The molecule has 1 amide bonds. The maximum absolute atomic E-state index is 13.1. The van der Waals surface area contributed by atoms with Crippen molar-refractivity contribution in [3.8, 4) is 5.69 Å². The lowest BCUT2D eigenvalue weighted by Crippen LogP contribution is -2.36. The second-order valence-corrected chi connectivity index (χ2v) is 7.99. The van der Waals surface area contributed by atoms with Gasteiger partial charge in [0.2, 0.25) is 5.91 Å². The van der Waals surface area contributed by atoms with E-state index < -0.39 is 0 Å². The Balaban J connectivity index is 1.73. The van der Waals surface area contributed by atoms with E-state index in [1.165, 1.54) is 0 Å². The Bertz CT molecular complexity index is 872. The van der Waals surface area contributed by atoms with Crippen LogP contribution < -0.4 is 0 Å². The van der Waals surface area contributed by atoms with Gasteiger partial charge in [-0.05, 0) is 63.8 Å². The number of benzene rings is 1. The number of esters is 1. The van der Waals surface area contributed by atoms with E-state index in [4.69, 9.17) is 16.3 Å². The van der Waals surface area contributed by atoms with Crippen LogP contribution in [-0.2, 0) is 20.7 Å². The number of carbonyl (C=O) groups excluding carboxylic acids is 2. The number of aryl methyl sites for hydroxylation is 1. The Morgan fingerprint density at radius 3 is 2.55 bits per heavy atom. The van der Waals surface area contributed by atoms with Crippen LogP contribution in [0.1, 0.15) is 43.1 Å². The molecule has 7 heteroatoms. The maximum atomic E-state index is 13.1. The zero-order chi connectivity index (χ0) is 21.0. The van der Waals surface area contributed by atoms with Crippen LogP contribution in [0.25, 0.3) is 5.69 Å². The Kier molecular flexibility index (Phi) is 6.96. The minimum absolute atomic E-state index is 0.0306. The summed E-state index contributed by atoms with van der Waals surface area (Å²) in [5, 5.41) is 5.29. The molecule has 29 heavy (non-hydrogen) atoms. The molecule has 1 heterocycles. The number of hydrogen-bond donors (Lipinski definition) is 0. The molecule has 6 nitrogen and oxygen atoms in total. The first-order valence-corrected chi connectivity index (χ1v) is 10.5. The summed E-state index contributed by atoms with van der Waals surface area (Å²) in [6.45, 7) is 7.15. The van der Waals surface area contributed by atoms with Crippen molar-refractivity contribution in [1.29, 1.82) is 0 Å². The predicted molar refractivity (Wildman–Crippen MR) is 112 cm³/mol. The zero-order valence-electron chi connectivity index (χ0n) is 17.3. The van der Waals surface area contributed by atoms with Crippen LogP contribution in [0, 0.1) is 19.8 Å². The van der Waals surface area contributed by atoms with E-state index in [0.29, 0.717) is 30.6 Å². The molecule has 3 rings (SSSR count). The average molecular weight is 418 g/mol. The van der Waals surface area contributed by atoms with E-state index in [1.54, 1.807) is 6.92 Å². The van der Waals surface area contributed by atoms with Gasteiger partial charge in [-0.2, -0.15) is 5.10 Å². The van der Waals surface area contributed by atoms with Crippen LogP contribution >= 0.6 is 11.6 Å². The zero-order valence-corrected chi connectivity index (χ0v) is 18.0. The van der Waals surface area contributed by atoms with Gasteiger partial charge in [0, 0.05) is 29.4 Å².